The largest absolute Gasteiger partial charge is 0.481 e. The fraction of sp³-hybridized carbons (Fsp3) is 0.455. The molecule has 210 valence electrons. The smallest absolute Gasteiger partial charge is 0.303 e. The number of hydrogen-bond acceptors (Lipinski definition) is 8. The van der Waals surface area contributed by atoms with Crippen molar-refractivity contribution in [3.63, 3.8) is 0 Å². The van der Waals surface area contributed by atoms with E-state index in [1.165, 1.54) is 12.1 Å². The molecule has 16 heteroatoms. The normalized spacial score (nSPS) is 12.4. The number of aldehydes is 1. The average Bonchev–Trinajstić information content (AvgIpc) is 2.85. The van der Waals surface area contributed by atoms with Gasteiger partial charge < -0.3 is 36.9 Å². The van der Waals surface area contributed by atoms with E-state index in [2.05, 4.69) is 26.0 Å². The van der Waals surface area contributed by atoms with Crippen LogP contribution in [0.15, 0.2) is 24.3 Å². The Bertz CT molecular complexity index is 1130. The van der Waals surface area contributed by atoms with E-state index in [1.807, 2.05) is 0 Å². The number of carboxylic acids is 1. The zero-order valence-corrected chi connectivity index (χ0v) is 21.7. The summed E-state index contributed by atoms with van der Waals surface area (Å²) in [6.45, 7) is -0.256. The highest BCUT2D eigenvalue weighted by molar-refractivity contribution is 7.88. The molecule has 0 heterocycles. The summed E-state index contributed by atoms with van der Waals surface area (Å²) < 4.78 is 27.7. The lowest BCUT2D eigenvalue weighted by Gasteiger charge is -2.19. The molecule has 0 fully saturated rings. The van der Waals surface area contributed by atoms with Gasteiger partial charge in [0.05, 0.1) is 18.3 Å². The number of carbonyl (C=O) groups excluding carboxylic acids is 3. The summed E-state index contributed by atoms with van der Waals surface area (Å²) in [6.07, 6.45) is 0.313. The number of amides is 2. The van der Waals surface area contributed by atoms with Crippen molar-refractivity contribution < 1.29 is 32.7 Å². The van der Waals surface area contributed by atoms with Crippen molar-refractivity contribution in [1.82, 2.24) is 26.0 Å². The zero-order chi connectivity index (χ0) is 28.7. The molecule has 2 amide bonds. The summed E-state index contributed by atoms with van der Waals surface area (Å²) >= 11 is 0. The Morgan fingerprint density at radius 3 is 2.47 bits per heavy atom. The molecule has 10 N–H and O–H groups in total. The summed E-state index contributed by atoms with van der Waals surface area (Å²) in [5, 5.41) is 33.7. The molecular formula is C22H34N8O7S. The van der Waals surface area contributed by atoms with Crippen LogP contribution >= 0.6 is 0 Å². The Labute approximate surface area is 220 Å². The quantitative estimate of drug-likeness (QED) is 0.0440. The molecule has 1 rings (SSSR count). The standard InChI is InChI=1S/C22H34N8O7S/c1-26-20(23)15-5-2-4-14(10-15)13-38(36,37)30-17(7-8-19(33)34)21(35)28-11-18(32)29-16(12-31)6-3-9-27-22(24)25/h2,4-5,10,12,16-17,30H,3,6-9,11,13H2,1H3,(H2,23,26)(H,28,35)(H,29,32)(H,33,34)(H4,24,25,27)/t16-,17-/m0/s1. The van der Waals surface area contributed by atoms with Crippen LogP contribution in [0.4, 0.5) is 0 Å². The molecule has 0 bridgehead atoms. The molecule has 0 saturated carbocycles. The predicted octanol–water partition coefficient (Wildman–Crippen LogP) is -2.05. The first-order valence-electron chi connectivity index (χ1n) is 11.5. The lowest BCUT2D eigenvalue weighted by molar-refractivity contribution is -0.137. The predicted molar refractivity (Wildman–Crippen MR) is 139 cm³/mol. The van der Waals surface area contributed by atoms with Crippen LogP contribution in [0.2, 0.25) is 0 Å². The van der Waals surface area contributed by atoms with Gasteiger partial charge in [0.25, 0.3) is 0 Å². The number of nitrogens with one attached hydrogen (secondary N) is 7. The number of sulfonamides is 1. The van der Waals surface area contributed by atoms with E-state index in [9.17, 15) is 27.6 Å². The summed E-state index contributed by atoms with van der Waals surface area (Å²) in [5.41, 5.74) is 5.95. The van der Waals surface area contributed by atoms with E-state index >= 15 is 0 Å². The van der Waals surface area contributed by atoms with Crippen LogP contribution < -0.4 is 31.7 Å². The van der Waals surface area contributed by atoms with Crippen LogP contribution in [-0.4, -0.2) is 81.6 Å². The van der Waals surface area contributed by atoms with Gasteiger partial charge >= 0.3 is 5.97 Å². The van der Waals surface area contributed by atoms with Crippen molar-refractivity contribution in [1.29, 1.82) is 10.8 Å². The second-order valence-electron chi connectivity index (χ2n) is 8.20. The molecular weight excluding hydrogens is 520 g/mol. The monoisotopic (exact) mass is 554 g/mol. The third-order valence-electron chi connectivity index (χ3n) is 5.05. The summed E-state index contributed by atoms with van der Waals surface area (Å²) in [4.78, 5) is 47.1. The molecule has 0 aromatic heterocycles. The summed E-state index contributed by atoms with van der Waals surface area (Å²) in [6, 6.07) is 3.90. The van der Waals surface area contributed by atoms with Crippen LogP contribution in [0.25, 0.3) is 0 Å². The van der Waals surface area contributed by atoms with Crippen LogP contribution in [0.1, 0.15) is 36.8 Å². The first-order chi connectivity index (χ1) is 17.9. The maximum absolute atomic E-state index is 12.7. The Hall–Kier alpha value is -4.05. The van der Waals surface area contributed by atoms with Crippen LogP contribution in [0.3, 0.4) is 0 Å². The highest BCUT2D eigenvalue weighted by atomic mass is 32.2. The Balaban J connectivity index is 2.77. The molecule has 0 unspecified atom stereocenters. The van der Waals surface area contributed by atoms with Gasteiger partial charge in [0.2, 0.25) is 21.8 Å². The molecule has 0 radical (unpaired) electrons. The molecule has 1 aromatic carbocycles. The van der Waals surface area contributed by atoms with Gasteiger partial charge in [-0.05, 0) is 30.9 Å². The van der Waals surface area contributed by atoms with Crippen molar-refractivity contribution in [2.75, 3.05) is 20.1 Å². The highest BCUT2D eigenvalue weighted by Gasteiger charge is 2.26. The first kappa shape index (κ1) is 32.0. The van der Waals surface area contributed by atoms with Gasteiger partial charge in [-0.2, -0.15) is 0 Å². The minimum atomic E-state index is -4.13. The van der Waals surface area contributed by atoms with Gasteiger partial charge in [0.1, 0.15) is 18.2 Å². The molecule has 0 saturated heterocycles. The molecule has 1 aromatic rings. The third kappa shape index (κ3) is 12.8. The van der Waals surface area contributed by atoms with Crippen LogP contribution in [0.5, 0.6) is 0 Å². The molecule has 0 aliphatic heterocycles. The fourth-order valence-electron chi connectivity index (χ4n) is 3.22. The van der Waals surface area contributed by atoms with E-state index < -0.39 is 58.6 Å². The number of carboxylic acid groups (broad SMARTS) is 1. The molecule has 0 aliphatic carbocycles. The summed E-state index contributed by atoms with van der Waals surface area (Å²) in [5.74, 6) is -3.54. The lowest BCUT2D eigenvalue weighted by Crippen LogP contribution is -2.50. The van der Waals surface area contributed by atoms with E-state index in [0.29, 0.717) is 30.4 Å². The number of nitrogens with two attached hydrogens (primary N) is 1. The van der Waals surface area contributed by atoms with E-state index in [4.69, 9.17) is 21.7 Å². The second kappa shape index (κ2) is 15.9. The van der Waals surface area contributed by atoms with Gasteiger partial charge in [-0.15, -0.1) is 0 Å². The molecule has 0 spiro atoms. The molecule has 2 atom stereocenters. The van der Waals surface area contributed by atoms with Gasteiger partial charge in [-0.3, -0.25) is 25.2 Å². The van der Waals surface area contributed by atoms with Crippen molar-refractivity contribution >= 4 is 45.9 Å². The average molecular weight is 555 g/mol. The molecule has 38 heavy (non-hydrogen) atoms. The Morgan fingerprint density at radius 1 is 1.16 bits per heavy atom. The van der Waals surface area contributed by atoms with E-state index in [1.54, 1.807) is 19.2 Å². The van der Waals surface area contributed by atoms with E-state index in [0.717, 1.165) is 0 Å². The lowest BCUT2D eigenvalue weighted by atomic mass is 10.1. The van der Waals surface area contributed by atoms with Crippen molar-refractivity contribution in [2.24, 2.45) is 5.73 Å². The maximum atomic E-state index is 12.7. The number of benzene rings is 1. The number of aliphatic carboxylic acids is 1. The van der Waals surface area contributed by atoms with Crippen LogP contribution in [-0.2, 0) is 35.0 Å². The highest BCUT2D eigenvalue weighted by Crippen LogP contribution is 2.10. The SMILES string of the molecule is CNC(=N)c1cccc(CS(=O)(=O)N[C@@H](CCC(=O)O)C(=O)NCC(=O)N[C@H](C=O)CCCNC(=N)N)c1. The third-order valence-corrected chi connectivity index (χ3v) is 6.41. The van der Waals surface area contributed by atoms with Crippen molar-refractivity contribution in [2.45, 2.75) is 43.5 Å². The second-order valence-corrected chi connectivity index (χ2v) is 9.95. The number of rotatable bonds is 17. The summed E-state index contributed by atoms with van der Waals surface area (Å²) in [7, 11) is -2.58. The van der Waals surface area contributed by atoms with Gasteiger partial charge in [-0.1, -0.05) is 18.2 Å². The first-order valence-corrected chi connectivity index (χ1v) is 13.2. The maximum Gasteiger partial charge on any atom is 0.303 e. The number of amidine groups is 1. The minimum Gasteiger partial charge on any atom is -0.481 e. The number of guanidine groups is 1. The number of hydrogen-bond donors (Lipinski definition) is 9. The van der Waals surface area contributed by atoms with Gasteiger partial charge in [0.15, 0.2) is 5.96 Å². The van der Waals surface area contributed by atoms with Gasteiger partial charge in [0, 0.05) is 25.6 Å². The molecule has 15 nitrogen and oxygen atoms in total. The topological polar surface area (TPSA) is 257 Å². The minimum absolute atomic E-state index is 0.0822. The van der Waals surface area contributed by atoms with Crippen molar-refractivity contribution in [3.05, 3.63) is 35.4 Å². The zero-order valence-electron chi connectivity index (χ0n) is 20.9. The van der Waals surface area contributed by atoms with E-state index in [-0.39, 0.29) is 24.6 Å². The van der Waals surface area contributed by atoms with Gasteiger partial charge in [-0.25, -0.2) is 13.1 Å². The van der Waals surface area contributed by atoms with Crippen molar-refractivity contribution in [3.8, 4) is 0 Å². The fourth-order valence-corrected chi connectivity index (χ4v) is 4.58. The Morgan fingerprint density at radius 2 is 1.87 bits per heavy atom. The molecule has 0 aliphatic rings. The van der Waals surface area contributed by atoms with Crippen LogP contribution in [0, 0.1) is 10.8 Å². The Kier molecular flexibility index (Phi) is 13.4. The number of carbonyl (C=O) groups is 4.